The van der Waals surface area contributed by atoms with Crippen LogP contribution in [0.3, 0.4) is 0 Å². The van der Waals surface area contributed by atoms with Gasteiger partial charge in [0.2, 0.25) is 5.82 Å². The van der Waals surface area contributed by atoms with Gasteiger partial charge in [-0.3, -0.25) is 14.1 Å². The Morgan fingerprint density at radius 2 is 1.91 bits per heavy atom. The number of nitrogens with one attached hydrogen (secondary N) is 1. The molecule has 0 aliphatic carbocycles. The van der Waals surface area contributed by atoms with Crippen LogP contribution < -0.4 is 10.1 Å². The molecule has 2 aromatic heterocycles. The van der Waals surface area contributed by atoms with Crippen molar-refractivity contribution in [2.45, 2.75) is 26.4 Å². The van der Waals surface area contributed by atoms with Crippen molar-refractivity contribution in [2.24, 2.45) is 0 Å². The molecule has 0 saturated carbocycles. The molecule has 5 rings (SSSR count). The monoisotopic (exact) mass is 602 g/mol. The Balaban J connectivity index is 1.34. The molecule has 1 saturated heterocycles. The van der Waals surface area contributed by atoms with Gasteiger partial charge >= 0.3 is 0 Å². The number of benzene rings is 2. The third-order valence-corrected chi connectivity index (χ3v) is 7.74. The maximum Gasteiger partial charge on any atom is 0.254 e. The van der Waals surface area contributed by atoms with Crippen LogP contribution >= 0.6 is 0 Å². The fourth-order valence-corrected chi connectivity index (χ4v) is 5.24. The van der Waals surface area contributed by atoms with Crippen LogP contribution in [0, 0.1) is 23.0 Å². The van der Waals surface area contributed by atoms with Crippen LogP contribution in [-0.2, 0) is 6.42 Å². The quantitative estimate of drug-likeness (QED) is 0.281. The van der Waals surface area contributed by atoms with Gasteiger partial charge in [-0.15, -0.1) is 0 Å². The molecular formula is C32H36F2N8O2. The van der Waals surface area contributed by atoms with E-state index in [2.05, 4.69) is 39.2 Å². The lowest BCUT2D eigenvalue weighted by Gasteiger charge is -2.35. The summed E-state index contributed by atoms with van der Waals surface area (Å²) in [5, 5.41) is 12.2. The zero-order valence-corrected chi connectivity index (χ0v) is 25.3. The molecule has 1 aliphatic rings. The molecule has 1 unspecified atom stereocenters. The first kappa shape index (κ1) is 30.8. The highest BCUT2D eigenvalue weighted by atomic mass is 19.2. The molecule has 230 valence electrons. The van der Waals surface area contributed by atoms with E-state index in [1.54, 1.807) is 10.6 Å². The zero-order valence-electron chi connectivity index (χ0n) is 25.3. The maximum absolute atomic E-state index is 15.1. The summed E-state index contributed by atoms with van der Waals surface area (Å²) in [6, 6.07) is 10.1. The molecule has 1 aliphatic heterocycles. The Kier molecular flexibility index (Phi) is 9.37. The van der Waals surface area contributed by atoms with E-state index in [0.717, 1.165) is 37.4 Å². The van der Waals surface area contributed by atoms with E-state index in [9.17, 15) is 9.18 Å². The molecule has 1 fully saturated rings. The van der Waals surface area contributed by atoms with Crippen LogP contribution in [0.4, 0.5) is 20.3 Å². The molecule has 1 N–H and O–H groups in total. The number of carbonyl (C=O) groups excluding carboxylic acids is 1. The van der Waals surface area contributed by atoms with E-state index in [0.29, 0.717) is 42.2 Å². The van der Waals surface area contributed by atoms with Gasteiger partial charge in [0.05, 0.1) is 11.9 Å². The van der Waals surface area contributed by atoms with Gasteiger partial charge in [-0.25, -0.2) is 14.4 Å². The highest BCUT2D eigenvalue weighted by molar-refractivity contribution is 5.96. The number of amides is 1. The number of carbonyl (C=O) groups is 1. The average molecular weight is 603 g/mol. The van der Waals surface area contributed by atoms with E-state index < -0.39 is 17.7 Å². The van der Waals surface area contributed by atoms with Gasteiger partial charge in [0, 0.05) is 68.5 Å². The number of hydrogen-bond donors (Lipinski definition) is 1. The second kappa shape index (κ2) is 13.4. The minimum absolute atomic E-state index is 0.0150. The third-order valence-electron chi connectivity index (χ3n) is 7.74. The molecule has 0 spiro atoms. The maximum atomic E-state index is 15.1. The minimum atomic E-state index is -1.18. The first-order valence-electron chi connectivity index (χ1n) is 14.6. The number of fused-ring (bicyclic) bond motifs is 1. The van der Waals surface area contributed by atoms with Crippen molar-refractivity contribution in [3.8, 4) is 23.1 Å². The van der Waals surface area contributed by atoms with E-state index in [4.69, 9.17) is 10.00 Å². The Bertz CT molecular complexity index is 1690. The van der Waals surface area contributed by atoms with Gasteiger partial charge in [0.25, 0.3) is 5.91 Å². The van der Waals surface area contributed by atoms with Gasteiger partial charge in [-0.05, 0) is 63.3 Å². The lowest BCUT2D eigenvalue weighted by atomic mass is 10.0. The Hall–Kier alpha value is -4.60. The number of imidazole rings is 1. The van der Waals surface area contributed by atoms with Crippen molar-refractivity contribution in [3.63, 3.8) is 0 Å². The van der Waals surface area contributed by atoms with E-state index in [1.807, 2.05) is 36.1 Å². The summed E-state index contributed by atoms with van der Waals surface area (Å²) in [6.07, 6.45) is 4.33. The van der Waals surface area contributed by atoms with Crippen molar-refractivity contribution < 1.29 is 18.3 Å². The summed E-state index contributed by atoms with van der Waals surface area (Å²) in [6.45, 7) is 8.55. The van der Waals surface area contributed by atoms with Gasteiger partial charge < -0.3 is 19.9 Å². The highest BCUT2D eigenvalue weighted by Gasteiger charge is 2.24. The fourth-order valence-electron chi connectivity index (χ4n) is 5.24. The largest absolute Gasteiger partial charge is 0.473 e. The Labute approximate surface area is 255 Å². The molecule has 44 heavy (non-hydrogen) atoms. The van der Waals surface area contributed by atoms with E-state index in [-0.39, 0.29) is 17.2 Å². The van der Waals surface area contributed by atoms with Crippen molar-refractivity contribution in [1.82, 2.24) is 29.1 Å². The van der Waals surface area contributed by atoms with E-state index >= 15 is 4.39 Å². The third kappa shape index (κ3) is 6.49. The normalized spacial score (nSPS) is 14.5. The number of nitriles is 1. The number of anilines is 2. The number of ether oxygens (including phenoxy) is 1. The molecule has 2 aromatic carbocycles. The van der Waals surface area contributed by atoms with Crippen LogP contribution in [0.15, 0.2) is 48.9 Å². The first-order chi connectivity index (χ1) is 21.2. The van der Waals surface area contributed by atoms with Crippen molar-refractivity contribution in [1.29, 1.82) is 5.26 Å². The molecule has 1 atom stereocenters. The fraction of sp³-hybridized carbons (Fsp3) is 0.375. The topological polar surface area (TPSA) is 102 Å². The predicted molar refractivity (Wildman–Crippen MR) is 164 cm³/mol. The molecule has 12 heteroatoms. The molecule has 4 aromatic rings. The lowest BCUT2D eigenvalue weighted by Crippen LogP contribution is -2.50. The summed E-state index contributed by atoms with van der Waals surface area (Å²) in [4.78, 5) is 28.8. The number of hydrogen-bond acceptors (Lipinski definition) is 8. The Morgan fingerprint density at radius 3 is 2.61 bits per heavy atom. The average Bonchev–Trinajstić information content (AvgIpc) is 3.47. The first-order valence-corrected chi connectivity index (χ1v) is 14.6. The molecule has 1 amide bonds. The van der Waals surface area contributed by atoms with Crippen molar-refractivity contribution in [2.75, 3.05) is 58.7 Å². The molecule has 10 nitrogen and oxygen atoms in total. The molecule has 0 radical (unpaired) electrons. The van der Waals surface area contributed by atoms with Crippen molar-refractivity contribution >= 4 is 23.1 Å². The summed E-state index contributed by atoms with van der Waals surface area (Å²) in [5.74, 6) is -2.18. The number of likely N-dealkylation sites (N-methyl/N-ethyl adjacent to an activating group) is 1. The van der Waals surface area contributed by atoms with Gasteiger partial charge in [0.15, 0.2) is 29.1 Å². The standard InChI is InChI=1S/C32H36F2N8O2/c1-5-22-18-23(6-7-24(22)32(43)41-16-14-40(15-17-41)13-12-39(3)4)38-30-31-37-20-26(42(31)11-10-36-30)25-8-9-27(29(34)28(25)33)44-21(2)19-35/h6-11,18,20-21H,5,12-17H2,1-4H3,(H,36,38). The second-order valence-electron chi connectivity index (χ2n) is 11.0. The van der Waals surface area contributed by atoms with Crippen LogP contribution in [0.5, 0.6) is 5.75 Å². The highest BCUT2D eigenvalue weighted by Crippen LogP contribution is 2.32. The Morgan fingerprint density at radius 1 is 1.14 bits per heavy atom. The molecule has 3 heterocycles. The predicted octanol–water partition coefficient (Wildman–Crippen LogP) is 4.59. The molecular weight excluding hydrogens is 566 g/mol. The number of rotatable bonds is 10. The van der Waals surface area contributed by atoms with Gasteiger partial charge in [-0.1, -0.05) is 6.92 Å². The lowest BCUT2D eigenvalue weighted by molar-refractivity contribution is 0.0628. The van der Waals surface area contributed by atoms with E-state index in [1.165, 1.54) is 31.5 Å². The SMILES string of the molecule is CCc1cc(Nc2nccn3c(-c4ccc(OC(C)C#N)c(F)c4F)cnc23)ccc1C(=O)N1CCN(CCN(C)C)CC1. The zero-order chi connectivity index (χ0) is 31.4. The number of aromatic nitrogens is 3. The molecule has 0 bridgehead atoms. The second-order valence-corrected chi connectivity index (χ2v) is 11.0. The van der Waals surface area contributed by atoms with Crippen LogP contribution in [-0.4, -0.2) is 94.4 Å². The van der Waals surface area contributed by atoms with Gasteiger partial charge in [-0.2, -0.15) is 9.65 Å². The number of nitrogens with zero attached hydrogens (tertiary/aromatic N) is 7. The summed E-state index contributed by atoms with van der Waals surface area (Å²) in [7, 11) is 4.13. The van der Waals surface area contributed by atoms with Crippen molar-refractivity contribution in [3.05, 3.63) is 71.7 Å². The summed E-state index contributed by atoms with van der Waals surface area (Å²) < 4.78 is 36.7. The van der Waals surface area contributed by atoms with Crippen LogP contribution in [0.2, 0.25) is 0 Å². The minimum Gasteiger partial charge on any atom is -0.473 e. The number of aryl methyl sites for hydroxylation is 1. The summed E-state index contributed by atoms with van der Waals surface area (Å²) >= 11 is 0. The number of halogens is 2. The van der Waals surface area contributed by atoms with Crippen LogP contribution in [0.1, 0.15) is 29.8 Å². The summed E-state index contributed by atoms with van der Waals surface area (Å²) in [5.41, 5.74) is 3.03. The van der Waals surface area contributed by atoms with Crippen LogP contribution in [0.25, 0.3) is 16.9 Å². The smallest absolute Gasteiger partial charge is 0.254 e. The number of piperazine rings is 1. The van der Waals surface area contributed by atoms with Gasteiger partial charge in [0.1, 0.15) is 6.07 Å².